The molecular weight excluding hydrogens is 459 g/mol. The van der Waals surface area contributed by atoms with E-state index in [4.69, 9.17) is 25.6 Å². The smallest absolute Gasteiger partial charge is 0.468 e. The van der Waals surface area contributed by atoms with Crippen LogP contribution in [-0.4, -0.2) is 53.6 Å². The zero-order valence-corrected chi connectivity index (χ0v) is 20.9. The Kier molecular flexibility index (Phi) is 6.79. The molecule has 1 saturated heterocycles. The van der Waals surface area contributed by atoms with Gasteiger partial charge in [0.2, 0.25) is 0 Å². The highest BCUT2D eigenvalue weighted by Gasteiger charge is 2.52. The average molecular weight is 489 g/mol. The van der Waals surface area contributed by atoms with Crippen LogP contribution < -0.4 is 16.1 Å². The van der Waals surface area contributed by atoms with Gasteiger partial charge in [0.25, 0.3) is 5.91 Å². The SMILES string of the molecule is COC(=O)CNC1CCCn2nc(C(=O)Nc3cccc(B4OC(C)(C)C(C)(C)O4)c3Cl)cc21. The van der Waals surface area contributed by atoms with Crippen molar-refractivity contribution in [2.45, 2.75) is 64.3 Å². The lowest BCUT2D eigenvalue weighted by atomic mass is 9.79. The van der Waals surface area contributed by atoms with Crippen molar-refractivity contribution >= 4 is 41.7 Å². The molecule has 182 valence electrons. The van der Waals surface area contributed by atoms with Crippen LogP contribution in [0.5, 0.6) is 0 Å². The number of halogens is 1. The molecule has 1 aromatic carbocycles. The minimum Gasteiger partial charge on any atom is -0.468 e. The van der Waals surface area contributed by atoms with E-state index in [2.05, 4.69) is 15.7 Å². The van der Waals surface area contributed by atoms with E-state index in [1.165, 1.54) is 7.11 Å². The van der Waals surface area contributed by atoms with Crippen molar-refractivity contribution in [2.75, 3.05) is 19.0 Å². The van der Waals surface area contributed by atoms with Gasteiger partial charge in [-0.15, -0.1) is 0 Å². The van der Waals surface area contributed by atoms with Crippen molar-refractivity contribution in [1.29, 1.82) is 0 Å². The highest BCUT2D eigenvalue weighted by Crippen LogP contribution is 2.37. The second-order valence-corrected chi connectivity index (χ2v) is 9.96. The molecule has 34 heavy (non-hydrogen) atoms. The highest BCUT2D eigenvalue weighted by molar-refractivity contribution is 6.66. The van der Waals surface area contributed by atoms with E-state index in [-0.39, 0.29) is 30.2 Å². The number of hydrogen-bond donors (Lipinski definition) is 2. The molecular formula is C23H30BClN4O5. The number of carbonyl (C=O) groups excluding carboxylic acids is 2. The maximum absolute atomic E-state index is 13.0. The van der Waals surface area contributed by atoms with Gasteiger partial charge in [0, 0.05) is 18.0 Å². The first-order valence-corrected chi connectivity index (χ1v) is 11.7. The monoisotopic (exact) mass is 488 g/mol. The Hall–Kier alpha value is -2.40. The van der Waals surface area contributed by atoms with Crippen LogP contribution in [0, 0.1) is 0 Å². The lowest BCUT2D eigenvalue weighted by Gasteiger charge is -2.32. The third-order valence-corrected chi connectivity index (χ3v) is 7.19. The van der Waals surface area contributed by atoms with Crippen molar-refractivity contribution in [3.8, 4) is 0 Å². The molecule has 4 rings (SSSR count). The molecule has 0 spiro atoms. The van der Waals surface area contributed by atoms with E-state index >= 15 is 0 Å². The van der Waals surface area contributed by atoms with Crippen LogP contribution >= 0.6 is 11.6 Å². The Balaban J connectivity index is 1.51. The number of rotatable bonds is 6. The molecule has 1 unspecified atom stereocenters. The van der Waals surface area contributed by atoms with Gasteiger partial charge in [-0.05, 0) is 52.7 Å². The second-order valence-electron chi connectivity index (χ2n) is 9.58. The molecule has 9 nitrogen and oxygen atoms in total. The number of hydrogen-bond acceptors (Lipinski definition) is 7. The van der Waals surface area contributed by atoms with Crippen LogP contribution in [0.15, 0.2) is 24.3 Å². The van der Waals surface area contributed by atoms with E-state index in [1.54, 1.807) is 22.9 Å². The fraction of sp³-hybridized carbons (Fsp3) is 0.522. The van der Waals surface area contributed by atoms with Crippen molar-refractivity contribution in [3.05, 3.63) is 40.7 Å². The van der Waals surface area contributed by atoms with E-state index in [9.17, 15) is 9.59 Å². The van der Waals surface area contributed by atoms with Crippen molar-refractivity contribution < 1.29 is 23.6 Å². The van der Waals surface area contributed by atoms with E-state index in [0.29, 0.717) is 22.7 Å². The Morgan fingerprint density at radius 1 is 1.26 bits per heavy atom. The lowest BCUT2D eigenvalue weighted by molar-refractivity contribution is -0.139. The molecule has 1 fully saturated rings. The predicted octanol–water partition coefficient (Wildman–Crippen LogP) is 2.69. The summed E-state index contributed by atoms with van der Waals surface area (Å²) >= 11 is 6.66. The molecule has 0 aliphatic carbocycles. The van der Waals surface area contributed by atoms with Crippen LogP contribution in [-0.2, 0) is 25.4 Å². The molecule has 2 aliphatic heterocycles. The number of ether oxygens (including phenoxy) is 1. The third-order valence-electron chi connectivity index (χ3n) is 6.77. The molecule has 2 aliphatic rings. The summed E-state index contributed by atoms with van der Waals surface area (Å²) in [5.41, 5.74) is 1.22. The molecule has 2 N–H and O–H groups in total. The molecule has 1 atom stereocenters. The fourth-order valence-corrected chi connectivity index (χ4v) is 4.33. The Morgan fingerprint density at radius 2 is 1.97 bits per heavy atom. The normalized spacial score (nSPS) is 20.6. The Bertz CT molecular complexity index is 1090. The summed E-state index contributed by atoms with van der Waals surface area (Å²) in [5, 5.41) is 10.9. The summed E-state index contributed by atoms with van der Waals surface area (Å²) in [5.74, 6) is -0.715. The zero-order chi connectivity index (χ0) is 24.7. The first kappa shape index (κ1) is 24.7. The van der Waals surface area contributed by atoms with E-state index < -0.39 is 18.3 Å². The number of aryl methyl sites for hydroxylation is 1. The summed E-state index contributed by atoms with van der Waals surface area (Å²) < 4.78 is 18.7. The summed E-state index contributed by atoms with van der Waals surface area (Å²) in [7, 11) is 0.709. The number of nitrogens with zero attached hydrogens (tertiary/aromatic N) is 2. The number of carbonyl (C=O) groups is 2. The van der Waals surface area contributed by atoms with Crippen LogP contribution in [0.4, 0.5) is 5.69 Å². The number of fused-ring (bicyclic) bond motifs is 1. The Labute approximate surface area is 204 Å². The number of esters is 1. The van der Waals surface area contributed by atoms with Crippen LogP contribution in [0.25, 0.3) is 0 Å². The number of nitrogens with one attached hydrogen (secondary N) is 2. The second kappa shape index (κ2) is 9.33. The van der Waals surface area contributed by atoms with Crippen LogP contribution in [0.1, 0.15) is 62.8 Å². The summed E-state index contributed by atoms with van der Waals surface area (Å²) in [6.45, 7) is 8.69. The van der Waals surface area contributed by atoms with Crippen molar-refractivity contribution in [1.82, 2.24) is 15.1 Å². The number of anilines is 1. The molecule has 1 amide bonds. The predicted molar refractivity (Wildman–Crippen MR) is 129 cm³/mol. The third kappa shape index (κ3) is 4.72. The van der Waals surface area contributed by atoms with Crippen molar-refractivity contribution in [3.63, 3.8) is 0 Å². The quantitative estimate of drug-likeness (QED) is 0.476. The van der Waals surface area contributed by atoms with Gasteiger partial charge in [-0.1, -0.05) is 23.7 Å². The summed E-state index contributed by atoms with van der Waals surface area (Å²) in [4.78, 5) is 24.5. The summed E-state index contributed by atoms with van der Waals surface area (Å²) in [6, 6.07) is 7.01. The number of methoxy groups -OCH3 is 1. The molecule has 0 saturated carbocycles. The molecule has 3 heterocycles. The maximum Gasteiger partial charge on any atom is 0.496 e. The fourth-order valence-electron chi connectivity index (χ4n) is 4.06. The van der Waals surface area contributed by atoms with Gasteiger partial charge in [-0.2, -0.15) is 5.10 Å². The largest absolute Gasteiger partial charge is 0.496 e. The van der Waals surface area contributed by atoms with Gasteiger partial charge >= 0.3 is 13.1 Å². The number of benzene rings is 1. The molecule has 1 aromatic heterocycles. The summed E-state index contributed by atoms with van der Waals surface area (Å²) in [6.07, 6.45) is 1.72. The lowest BCUT2D eigenvalue weighted by Crippen LogP contribution is -2.41. The molecule has 0 bridgehead atoms. The van der Waals surface area contributed by atoms with Gasteiger partial charge in [-0.3, -0.25) is 19.6 Å². The molecule has 0 radical (unpaired) electrons. The van der Waals surface area contributed by atoms with Gasteiger partial charge < -0.3 is 19.4 Å². The van der Waals surface area contributed by atoms with Gasteiger partial charge in [0.1, 0.15) is 0 Å². The van der Waals surface area contributed by atoms with Crippen LogP contribution in [0.3, 0.4) is 0 Å². The van der Waals surface area contributed by atoms with Gasteiger partial charge in [-0.25, -0.2) is 0 Å². The van der Waals surface area contributed by atoms with Gasteiger partial charge in [0.15, 0.2) is 5.69 Å². The Morgan fingerprint density at radius 3 is 2.65 bits per heavy atom. The van der Waals surface area contributed by atoms with E-state index in [0.717, 1.165) is 18.5 Å². The first-order chi connectivity index (χ1) is 16.0. The topological polar surface area (TPSA) is 104 Å². The standard InChI is InChI=1S/C23H30BClN4O5/c1-22(2)23(3,4)34-24(33-22)14-8-6-9-16(20(14)25)27-21(31)17-12-18-15(26-13-19(30)32-5)10-7-11-29(18)28-17/h6,8-9,12,15,26H,7,10-11,13H2,1-5H3,(H,27,31). The number of amides is 1. The van der Waals surface area contributed by atoms with E-state index in [1.807, 2.05) is 33.8 Å². The molecule has 2 aromatic rings. The van der Waals surface area contributed by atoms with Crippen molar-refractivity contribution in [2.24, 2.45) is 0 Å². The first-order valence-electron chi connectivity index (χ1n) is 11.4. The van der Waals surface area contributed by atoms with Crippen LogP contribution in [0.2, 0.25) is 5.02 Å². The van der Waals surface area contributed by atoms with Gasteiger partial charge in [0.05, 0.1) is 41.3 Å². The molecule has 11 heteroatoms. The number of aromatic nitrogens is 2. The average Bonchev–Trinajstić information content (AvgIpc) is 3.31. The zero-order valence-electron chi connectivity index (χ0n) is 20.1. The highest BCUT2D eigenvalue weighted by atomic mass is 35.5. The minimum absolute atomic E-state index is 0.0859. The minimum atomic E-state index is -0.643. The maximum atomic E-state index is 13.0.